The summed E-state index contributed by atoms with van der Waals surface area (Å²) < 4.78 is 15.4. The summed E-state index contributed by atoms with van der Waals surface area (Å²) in [6.07, 6.45) is 8.88. The van der Waals surface area contributed by atoms with Gasteiger partial charge in [0.1, 0.15) is 5.82 Å². The van der Waals surface area contributed by atoms with Gasteiger partial charge < -0.3 is 15.2 Å². The van der Waals surface area contributed by atoms with Crippen LogP contribution in [-0.4, -0.2) is 40.1 Å². The number of tetrazole rings is 1. The summed E-state index contributed by atoms with van der Waals surface area (Å²) in [5, 5.41) is 20.8. The summed E-state index contributed by atoms with van der Waals surface area (Å²) in [4.78, 5) is 14.0. The van der Waals surface area contributed by atoms with E-state index in [0.29, 0.717) is 59.9 Å². The molecule has 194 valence electrons. The first-order valence-electron chi connectivity index (χ1n) is 13.0. The predicted molar refractivity (Wildman–Crippen MR) is 142 cm³/mol. The highest BCUT2D eigenvalue weighted by Crippen LogP contribution is 2.32. The number of rotatable bonds is 9. The first-order valence-corrected chi connectivity index (χ1v) is 13.0. The molecule has 0 aliphatic heterocycles. The molecule has 1 aliphatic rings. The van der Waals surface area contributed by atoms with Gasteiger partial charge in [-0.2, -0.15) is 15.2 Å². The van der Waals surface area contributed by atoms with Gasteiger partial charge in [-0.15, -0.1) is 10.2 Å². The van der Waals surface area contributed by atoms with Crippen LogP contribution in [0.1, 0.15) is 55.0 Å². The van der Waals surface area contributed by atoms with Gasteiger partial charge in [-0.3, -0.25) is 0 Å². The van der Waals surface area contributed by atoms with E-state index in [4.69, 9.17) is 9.97 Å². The van der Waals surface area contributed by atoms with E-state index in [9.17, 15) is 4.39 Å². The average Bonchev–Trinajstić information content (AvgIpc) is 3.63. The van der Waals surface area contributed by atoms with Crippen LogP contribution in [0.15, 0.2) is 54.9 Å². The number of halogens is 1. The minimum atomic E-state index is -0.300. The van der Waals surface area contributed by atoms with Crippen molar-refractivity contribution >= 4 is 28.6 Å². The molecule has 1 aliphatic carbocycles. The number of imidazole rings is 1. The van der Waals surface area contributed by atoms with Crippen molar-refractivity contribution in [3.8, 4) is 0 Å². The topological polar surface area (TPSA) is 122 Å². The second-order valence-electron chi connectivity index (χ2n) is 9.65. The fourth-order valence-electron chi connectivity index (χ4n) is 4.98. The molecule has 3 heterocycles. The van der Waals surface area contributed by atoms with Crippen LogP contribution in [0.5, 0.6) is 0 Å². The number of aromatic nitrogens is 8. The molecule has 0 bridgehead atoms. The van der Waals surface area contributed by atoms with Crippen LogP contribution in [0.25, 0.3) is 11.2 Å². The van der Waals surface area contributed by atoms with Crippen molar-refractivity contribution in [2.24, 2.45) is 0 Å². The Hall–Kier alpha value is -4.41. The van der Waals surface area contributed by atoms with Crippen molar-refractivity contribution in [3.63, 3.8) is 0 Å². The summed E-state index contributed by atoms with van der Waals surface area (Å²) in [6.45, 7) is 1.16. The molecule has 6 rings (SSSR count). The maximum Gasteiger partial charge on any atom is 0.227 e. The minimum Gasteiger partial charge on any atom is -0.350 e. The number of nitrogens with one attached hydrogen (secondary N) is 3. The molecule has 1 saturated carbocycles. The minimum absolute atomic E-state index is 0.300. The van der Waals surface area contributed by atoms with Gasteiger partial charge >= 0.3 is 0 Å². The van der Waals surface area contributed by atoms with E-state index in [1.54, 1.807) is 18.5 Å². The fraction of sp³-hybridized carbons (Fsp3) is 0.333. The summed E-state index contributed by atoms with van der Waals surface area (Å²) in [5.74, 6) is 2.01. The van der Waals surface area contributed by atoms with Gasteiger partial charge in [-0.25, -0.2) is 9.37 Å². The molecule has 11 heteroatoms. The molecule has 3 N–H and O–H groups in total. The molecule has 0 unspecified atom stereocenters. The molecule has 3 aromatic heterocycles. The number of H-pyrrole nitrogens is 1. The summed E-state index contributed by atoms with van der Waals surface area (Å²) in [7, 11) is 0. The van der Waals surface area contributed by atoms with Crippen LogP contribution in [-0.2, 0) is 19.5 Å². The smallest absolute Gasteiger partial charge is 0.227 e. The van der Waals surface area contributed by atoms with Crippen LogP contribution in [0.2, 0.25) is 0 Å². The zero-order valence-corrected chi connectivity index (χ0v) is 20.9. The Morgan fingerprint density at radius 2 is 1.79 bits per heavy atom. The highest BCUT2D eigenvalue weighted by Gasteiger charge is 2.16. The lowest BCUT2D eigenvalue weighted by molar-refractivity contribution is 0.443. The molecule has 0 spiro atoms. The maximum absolute atomic E-state index is 13.4. The molecule has 0 radical (unpaired) electrons. The summed E-state index contributed by atoms with van der Waals surface area (Å²) in [6, 6.07) is 15.0. The van der Waals surface area contributed by atoms with E-state index >= 15 is 0 Å². The van der Waals surface area contributed by atoms with Crippen molar-refractivity contribution in [1.29, 1.82) is 0 Å². The number of aromatic amines is 1. The van der Waals surface area contributed by atoms with Crippen LogP contribution in [0, 0.1) is 5.82 Å². The third kappa shape index (κ3) is 5.46. The van der Waals surface area contributed by atoms with Gasteiger partial charge in [-0.1, -0.05) is 48.7 Å². The van der Waals surface area contributed by atoms with E-state index in [-0.39, 0.29) is 5.82 Å². The zero-order chi connectivity index (χ0) is 25.7. The largest absolute Gasteiger partial charge is 0.350 e. The number of nitrogens with zero attached hydrogens (tertiary/aromatic N) is 7. The Kier molecular flexibility index (Phi) is 6.88. The molecule has 1 fully saturated rings. The summed E-state index contributed by atoms with van der Waals surface area (Å²) in [5.41, 5.74) is 4.58. The molecule has 0 amide bonds. The van der Waals surface area contributed by atoms with Crippen LogP contribution in [0.4, 0.5) is 21.8 Å². The second kappa shape index (κ2) is 10.9. The monoisotopic (exact) mass is 512 g/mol. The Morgan fingerprint density at radius 3 is 2.55 bits per heavy atom. The lowest BCUT2D eigenvalue weighted by Gasteiger charge is -2.22. The molecular formula is C27H29FN10. The Balaban J connectivity index is 1.23. The first kappa shape index (κ1) is 24.0. The van der Waals surface area contributed by atoms with Crippen molar-refractivity contribution in [2.75, 3.05) is 10.6 Å². The molecule has 5 aromatic rings. The Morgan fingerprint density at radius 1 is 0.974 bits per heavy atom. The molecule has 0 saturated heterocycles. The average molecular weight is 513 g/mol. The molecular weight excluding hydrogens is 483 g/mol. The predicted octanol–water partition coefficient (Wildman–Crippen LogP) is 5.12. The van der Waals surface area contributed by atoms with E-state index in [1.165, 1.54) is 49.8 Å². The van der Waals surface area contributed by atoms with Crippen molar-refractivity contribution in [1.82, 2.24) is 40.1 Å². The van der Waals surface area contributed by atoms with Gasteiger partial charge in [0, 0.05) is 25.2 Å². The molecule has 2 aromatic carbocycles. The number of aryl methyl sites for hydroxylation is 2. The third-order valence-corrected chi connectivity index (χ3v) is 7.04. The van der Waals surface area contributed by atoms with Crippen LogP contribution < -0.4 is 10.6 Å². The fourth-order valence-corrected chi connectivity index (χ4v) is 4.98. The molecule has 10 nitrogen and oxygen atoms in total. The van der Waals surface area contributed by atoms with Gasteiger partial charge in [0.2, 0.25) is 5.95 Å². The molecule has 38 heavy (non-hydrogen) atoms. The van der Waals surface area contributed by atoms with Gasteiger partial charge in [0.05, 0.1) is 6.33 Å². The van der Waals surface area contributed by atoms with Gasteiger partial charge in [0.15, 0.2) is 22.8 Å². The number of hydrogen-bond acceptors (Lipinski definition) is 8. The number of anilines is 3. The lowest BCUT2D eigenvalue weighted by atomic mass is 9.84. The Labute approximate surface area is 219 Å². The van der Waals surface area contributed by atoms with E-state index < -0.39 is 0 Å². The van der Waals surface area contributed by atoms with Crippen LogP contribution >= 0.6 is 0 Å². The summed E-state index contributed by atoms with van der Waals surface area (Å²) >= 11 is 0. The van der Waals surface area contributed by atoms with Crippen molar-refractivity contribution in [3.05, 3.63) is 77.6 Å². The number of benzene rings is 2. The van der Waals surface area contributed by atoms with Gasteiger partial charge in [0.25, 0.3) is 0 Å². The van der Waals surface area contributed by atoms with Gasteiger partial charge in [-0.05, 0) is 54.2 Å². The third-order valence-electron chi connectivity index (χ3n) is 7.04. The second-order valence-corrected chi connectivity index (χ2v) is 9.65. The highest BCUT2D eigenvalue weighted by atomic mass is 19.1. The number of hydrogen-bond donors (Lipinski definition) is 3. The van der Waals surface area contributed by atoms with Crippen molar-refractivity contribution < 1.29 is 4.39 Å². The quantitative estimate of drug-likeness (QED) is 0.249. The maximum atomic E-state index is 13.4. The lowest BCUT2D eigenvalue weighted by Crippen LogP contribution is -2.09. The Bertz CT molecular complexity index is 1470. The molecule has 0 atom stereocenters. The van der Waals surface area contributed by atoms with E-state index in [1.807, 2.05) is 4.57 Å². The SMILES string of the molecule is Fc1ccc(Nc2nc(NCc3ccc(C4CCCCC4)cc3)nc3c2ncn3CCc2nn[nH]n2)cc1. The van der Waals surface area contributed by atoms with Crippen molar-refractivity contribution in [2.45, 2.75) is 57.5 Å². The number of fused-ring (bicyclic) bond motifs is 1. The standard InChI is InChI=1S/C27H29FN10/c28-21-10-12-22(13-11-21)31-25-24-26(38(17-30-24)15-14-23-34-36-37-35-23)33-27(32-25)29-16-18-6-8-20(9-7-18)19-4-2-1-3-5-19/h6-13,17,19H,1-5,14-16H2,(H2,29,31,32,33)(H,34,35,36,37). The van der Waals surface area contributed by atoms with E-state index in [2.05, 4.69) is 60.5 Å². The van der Waals surface area contributed by atoms with E-state index in [0.717, 1.165) is 5.56 Å². The highest BCUT2D eigenvalue weighted by molar-refractivity contribution is 5.86. The zero-order valence-electron chi connectivity index (χ0n) is 20.9. The normalized spacial score (nSPS) is 14.1. The first-order chi connectivity index (χ1) is 18.7. The van der Waals surface area contributed by atoms with Crippen LogP contribution in [0.3, 0.4) is 0 Å².